The minimum Gasteiger partial charge on any atom is -0.481 e. The second kappa shape index (κ2) is 26.9. The normalized spacial score (nSPS) is 10.4. The quantitative estimate of drug-likeness (QED) is 0.185. The van der Waals surface area contributed by atoms with Crippen molar-refractivity contribution < 1.29 is 19.8 Å². The van der Waals surface area contributed by atoms with Crippen molar-refractivity contribution >= 4 is 11.9 Å². The van der Waals surface area contributed by atoms with Crippen LogP contribution in [0.25, 0.3) is 0 Å². The van der Waals surface area contributed by atoms with E-state index < -0.39 is 11.9 Å². The third-order valence-corrected chi connectivity index (χ3v) is 5.24. The van der Waals surface area contributed by atoms with Gasteiger partial charge in [-0.25, -0.2) is 0 Å². The molecule has 0 saturated heterocycles. The standard InChI is InChI=1S/C14H26O4.C11H24/c15-13(16)11-9-7-5-3-1-2-4-6-8-10-12-14(17)18;1-3-5-7-9-11-10-8-6-4-2/h1-12H2,(H,15,16)(H,17,18);3-11H2,1-2H3. The smallest absolute Gasteiger partial charge is 0.303 e. The fraction of sp³-hybridized carbons (Fsp3) is 0.920. The first-order valence-electron chi connectivity index (χ1n) is 12.5. The number of carboxylic acid groups (broad SMARTS) is 2. The Balaban J connectivity index is 0. The molecule has 0 rings (SSSR count). The summed E-state index contributed by atoms with van der Waals surface area (Å²) in [6, 6.07) is 0. The Morgan fingerprint density at radius 2 is 0.621 bits per heavy atom. The van der Waals surface area contributed by atoms with Crippen molar-refractivity contribution in [1.82, 2.24) is 0 Å². The topological polar surface area (TPSA) is 74.6 Å². The Hall–Kier alpha value is -1.06. The molecule has 0 bridgehead atoms. The van der Waals surface area contributed by atoms with Gasteiger partial charge in [0.2, 0.25) is 0 Å². The summed E-state index contributed by atoms with van der Waals surface area (Å²) in [7, 11) is 0. The molecule has 0 aromatic carbocycles. The summed E-state index contributed by atoms with van der Waals surface area (Å²) in [6.45, 7) is 4.55. The van der Waals surface area contributed by atoms with Crippen LogP contribution in [0, 0.1) is 0 Å². The van der Waals surface area contributed by atoms with Gasteiger partial charge < -0.3 is 10.2 Å². The van der Waals surface area contributed by atoms with Gasteiger partial charge >= 0.3 is 11.9 Å². The number of hydrogen-bond acceptors (Lipinski definition) is 2. The lowest BCUT2D eigenvalue weighted by Gasteiger charge is -2.01. The molecule has 0 aliphatic carbocycles. The molecule has 0 aromatic rings. The Kier molecular flexibility index (Phi) is 28.0. The van der Waals surface area contributed by atoms with Crippen molar-refractivity contribution in [3.63, 3.8) is 0 Å². The predicted octanol–water partition coefficient (Wildman–Crippen LogP) is 8.37. The maximum absolute atomic E-state index is 10.3. The molecule has 0 amide bonds. The molecule has 174 valence electrons. The monoisotopic (exact) mass is 414 g/mol. The van der Waals surface area contributed by atoms with Crippen LogP contribution in [-0.4, -0.2) is 22.2 Å². The maximum atomic E-state index is 10.3. The van der Waals surface area contributed by atoms with Gasteiger partial charge in [0.1, 0.15) is 0 Å². The Morgan fingerprint density at radius 3 is 0.828 bits per heavy atom. The van der Waals surface area contributed by atoms with E-state index in [9.17, 15) is 9.59 Å². The van der Waals surface area contributed by atoms with E-state index >= 15 is 0 Å². The van der Waals surface area contributed by atoms with E-state index in [-0.39, 0.29) is 0 Å². The summed E-state index contributed by atoms with van der Waals surface area (Å²) < 4.78 is 0. The molecule has 0 saturated carbocycles. The predicted molar refractivity (Wildman–Crippen MR) is 124 cm³/mol. The van der Waals surface area contributed by atoms with E-state index in [1.54, 1.807) is 0 Å². The van der Waals surface area contributed by atoms with Gasteiger partial charge in [-0.2, -0.15) is 0 Å². The number of carboxylic acids is 2. The minimum atomic E-state index is -0.698. The zero-order valence-corrected chi connectivity index (χ0v) is 19.6. The van der Waals surface area contributed by atoms with E-state index in [0.717, 1.165) is 38.5 Å². The molecule has 0 aliphatic heterocycles. The number of carbonyl (C=O) groups is 2. The number of rotatable bonds is 21. The van der Waals surface area contributed by atoms with Crippen LogP contribution in [0.15, 0.2) is 0 Å². The SMILES string of the molecule is CCCCCCCCCCC.O=C(O)CCCCCCCCCCCCC(=O)O. The summed E-state index contributed by atoms with van der Waals surface area (Å²) in [4.78, 5) is 20.5. The van der Waals surface area contributed by atoms with Crippen LogP contribution in [0.1, 0.15) is 149 Å². The second-order valence-electron chi connectivity index (χ2n) is 8.30. The molecular weight excluding hydrogens is 364 g/mol. The lowest BCUT2D eigenvalue weighted by atomic mass is 10.1. The molecule has 0 fully saturated rings. The molecule has 4 nitrogen and oxygen atoms in total. The van der Waals surface area contributed by atoms with Gasteiger partial charge in [-0.15, -0.1) is 0 Å². The molecule has 4 heteroatoms. The van der Waals surface area contributed by atoms with Crippen LogP contribution < -0.4 is 0 Å². The Labute approximate surface area is 180 Å². The lowest BCUT2D eigenvalue weighted by molar-refractivity contribution is -0.138. The molecule has 0 radical (unpaired) electrons. The Morgan fingerprint density at radius 1 is 0.414 bits per heavy atom. The molecule has 0 atom stereocenters. The minimum absolute atomic E-state index is 0.295. The van der Waals surface area contributed by atoms with Crippen LogP contribution >= 0.6 is 0 Å². The third-order valence-electron chi connectivity index (χ3n) is 5.24. The van der Waals surface area contributed by atoms with Crippen molar-refractivity contribution in [2.24, 2.45) is 0 Å². The fourth-order valence-corrected chi connectivity index (χ4v) is 3.35. The highest BCUT2D eigenvalue weighted by atomic mass is 16.4. The van der Waals surface area contributed by atoms with Crippen molar-refractivity contribution in [3.05, 3.63) is 0 Å². The van der Waals surface area contributed by atoms with Gasteiger partial charge in [0, 0.05) is 12.8 Å². The van der Waals surface area contributed by atoms with Crippen molar-refractivity contribution in [3.8, 4) is 0 Å². The molecule has 0 unspecified atom stereocenters. The van der Waals surface area contributed by atoms with Gasteiger partial charge in [0.15, 0.2) is 0 Å². The summed E-state index contributed by atoms with van der Waals surface area (Å²) in [5.74, 6) is -1.40. The molecule has 29 heavy (non-hydrogen) atoms. The molecule has 0 aromatic heterocycles. The number of unbranched alkanes of at least 4 members (excludes halogenated alkanes) is 17. The van der Waals surface area contributed by atoms with E-state index in [0.29, 0.717) is 12.8 Å². The second-order valence-corrected chi connectivity index (χ2v) is 8.30. The van der Waals surface area contributed by atoms with E-state index in [1.165, 1.54) is 83.5 Å². The number of hydrogen-bond donors (Lipinski definition) is 2. The average Bonchev–Trinajstić information content (AvgIpc) is 2.68. The third kappa shape index (κ3) is 34.8. The summed E-state index contributed by atoms with van der Waals surface area (Å²) in [5.41, 5.74) is 0. The molecule has 0 spiro atoms. The summed E-state index contributed by atoms with van der Waals surface area (Å²) >= 11 is 0. The average molecular weight is 415 g/mol. The van der Waals surface area contributed by atoms with E-state index in [1.807, 2.05) is 0 Å². The molecule has 0 aliphatic rings. The maximum Gasteiger partial charge on any atom is 0.303 e. The van der Waals surface area contributed by atoms with Gasteiger partial charge in [0.25, 0.3) is 0 Å². The fourth-order valence-electron chi connectivity index (χ4n) is 3.35. The molecule has 2 N–H and O–H groups in total. The van der Waals surface area contributed by atoms with Gasteiger partial charge in [-0.05, 0) is 12.8 Å². The van der Waals surface area contributed by atoms with Gasteiger partial charge in [0.05, 0.1) is 0 Å². The summed E-state index contributed by atoms with van der Waals surface area (Å²) in [6.07, 6.45) is 24.2. The van der Waals surface area contributed by atoms with E-state index in [2.05, 4.69) is 13.8 Å². The molecule has 0 heterocycles. The molecular formula is C25H50O4. The highest BCUT2D eigenvalue weighted by Crippen LogP contribution is 2.12. The van der Waals surface area contributed by atoms with Crippen molar-refractivity contribution in [2.75, 3.05) is 0 Å². The van der Waals surface area contributed by atoms with Crippen molar-refractivity contribution in [1.29, 1.82) is 0 Å². The Bertz CT molecular complexity index is 310. The first-order chi connectivity index (χ1) is 14.0. The van der Waals surface area contributed by atoms with Crippen LogP contribution in [0.5, 0.6) is 0 Å². The van der Waals surface area contributed by atoms with Crippen LogP contribution in [-0.2, 0) is 9.59 Å². The lowest BCUT2D eigenvalue weighted by Crippen LogP contribution is -1.93. The zero-order chi connectivity index (χ0) is 22.0. The highest BCUT2D eigenvalue weighted by molar-refractivity contribution is 5.66. The zero-order valence-electron chi connectivity index (χ0n) is 19.6. The van der Waals surface area contributed by atoms with E-state index in [4.69, 9.17) is 10.2 Å². The first kappa shape index (κ1) is 30.1. The van der Waals surface area contributed by atoms with Gasteiger partial charge in [-0.3, -0.25) is 9.59 Å². The summed E-state index contributed by atoms with van der Waals surface area (Å²) in [5, 5.41) is 16.9. The van der Waals surface area contributed by atoms with Crippen LogP contribution in [0.4, 0.5) is 0 Å². The van der Waals surface area contributed by atoms with Crippen LogP contribution in [0.3, 0.4) is 0 Å². The van der Waals surface area contributed by atoms with Crippen LogP contribution in [0.2, 0.25) is 0 Å². The van der Waals surface area contributed by atoms with Crippen molar-refractivity contribution in [2.45, 2.75) is 149 Å². The number of aliphatic carboxylic acids is 2. The van der Waals surface area contributed by atoms with Gasteiger partial charge in [-0.1, -0.05) is 123 Å². The highest BCUT2D eigenvalue weighted by Gasteiger charge is 1.98. The first-order valence-corrected chi connectivity index (χ1v) is 12.5. The largest absolute Gasteiger partial charge is 0.481 e.